The van der Waals surface area contributed by atoms with Crippen molar-refractivity contribution >= 4 is 33.5 Å². The number of hydrogen-bond acceptors (Lipinski definition) is 2. The van der Waals surface area contributed by atoms with Gasteiger partial charge < -0.3 is 0 Å². The number of rotatable bonds is 1. The monoisotopic (exact) mass is 277 g/mol. The van der Waals surface area contributed by atoms with Crippen LogP contribution in [0.5, 0.6) is 0 Å². The van der Waals surface area contributed by atoms with Crippen molar-refractivity contribution < 1.29 is 9.31 Å². The molecule has 0 aliphatic carbocycles. The fraction of sp³-hybridized carbons (Fsp3) is 0.500. The van der Waals surface area contributed by atoms with E-state index in [9.17, 15) is 0 Å². The first-order valence-corrected chi connectivity index (χ1v) is 6.54. The predicted octanol–water partition coefficient (Wildman–Crippen LogP) is 0.780. The minimum absolute atomic E-state index is 0.245. The zero-order valence-electron chi connectivity index (χ0n) is 10.2. The van der Waals surface area contributed by atoms with Gasteiger partial charge in [-0.05, 0) is 0 Å². The molecule has 2 rings (SSSR count). The van der Waals surface area contributed by atoms with E-state index in [-0.39, 0.29) is 18.3 Å². The summed E-state index contributed by atoms with van der Waals surface area (Å²) >= 11 is 2.08. The Morgan fingerprint density at radius 3 is 2.12 bits per heavy atom. The van der Waals surface area contributed by atoms with Gasteiger partial charge in [-0.1, -0.05) is 0 Å². The Labute approximate surface area is 106 Å². The van der Waals surface area contributed by atoms with Crippen molar-refractivity contribution in [2.24, 2.45) is 0 Å². The molecule has 16 heavy (non-hydrogen) atoms. The summed E-state index contributed by atoms with van der Waals surface area (Å²) in [6, 6.07) is 8.28. The molecule has 1 aliphatic heterocycles. The van der Waals surface area contributed by atoms with Gasteiger partial charge in [0.1, 0.15) is 0 Å². The van der Waals surface area contributed by atoms with Gasteiger partial charge in [0.2, 0.25) is 0 Å². The van der Waals surface area contributed by atoms with Crippen molar-refractivity contribution in [2.75, 3.05) is 0 Å². The molecule has 0 atom stereocenters. The molecule has 1 aliphatic rings. The van der Waals surface area contributed by atoms with Crippen molar-refractivity contribution in [3.63, 3.8) is 0 Å². The molecule has 3 radical (unpaired) electrons. The molecule has 1 aromatic rings. The molecule has 4 heteroatoms. The maximum atomic E-state index is 5.98. The van der Waals surface area contributed by atoms with Gasteiger partial charge in [0.15, 0.2) is 0 Å². The summed E-state index contributed by atoms with van der Waals surface area (Å²) in [6.45, 7) is 8.29. The summed E-state index contributed by atoms with van der Waals surface area (Å²) in [7, 11) is -0.245. The number of benzene rings is 1. The first kappa shape index (κ1) is 12.2. The average Bonchev–Trinajstić information content (AvgIpc) is 2.36. The second-order valence-corrected chi connectivity index (χ2v) is 6.43. The van der Waals surface area contributed by atoms with Crippen molar-refractivity contribution in [3.8, 4) is 0 Å². The van der Waals surface area contributed by atoms with E-state index in [1.807, 2.05) is 6.07 Å². The van der Waals surface area contributed by atoms with E-state index < -0.39 is 0 Å². The van der Waals surface area contributed by atoms with Crippen LogP contribution < -0.4 is 9.86 Å². The van der Waals surface area contributed by atoms with Crippen LogP contribution in [0.1, 0.15) is 27.7 Å². The molecule has 0 aromatic heterocycles. The van der Waals surface area contributed by atoms with Crippen LogP contribution in [0.3, 0.4) is 0 Å². The van der Waals surface area contributed by atoms with Crippen LogP contribution in [-0.2, 0) is 9.31 Å². The van der Waals surface area contributed by atoms with E-state index in [0.717, 1.165) is 5.46 Å². The van der Waals surface area contributed by atoms with Crippen LogP contribution in [0.15, 0.2) is 24.3 Å². The zero-order valence-corrected chi connectivity index (χ0v) is 12.3. The Kier molecular flexibility index (Phi) is 2.97. The standard InChI is InChI=1S/C12H16BGeO2/c1-11(2)12(3,4)16-13(15-11)9-6-5-7-10(14)8-9/h5-8H,1-4H3. The van der Waals surface area contributed by atoms with E-state index in [1.165, 1.54) is 4.40 Å². The zero-order chi connectivity index (χ0) is 12.0. The van der Waals surface area contributed by atoms with Gasteiger partial charge in [-0.15, -0.1) is 0 Å². The molecule has 0 amide bonds. The number of hydrogen-bond donors (Lipinski definition) is 0. The molecule has 1 aromatic carbocycles. The topological polar surface area (TPSA) is 18.5 Å². The molecule has 0 N–H and O–H groups in total. The summed E-state index contributed by atoms with van der Waals surface area (Å²) in [5, 5.41) is 0. The van der Waals surface area contributed by atoms with Crippen molar-refractivity contribution in [1.82, 2.24) is 0 Å². The predicted molar refractivity (Wildman–Crippen MR) is 67.5 cm³/mol. The SMILES string of the molecule is CC1(C)OB(c2ccc[c]([Ge])c2)OC1(C)C. The Morgan fingerprint density at radius 1 is 1.06 bits per heavy atom. The normalized spacial score (nSPS) is 22.4. The van der Waals surface area contributed by atoms with E-state index in [1.54, 1.807) is 0 Å². The maximum absolute atomic E-state index is 5.98. The Bertz CT molecular complexity index is 388. The Morgan fingerprint density at radius 2 is 1.62 bits per heavy atom. The van der Waals surface area contributed by atoms with Crippen LogP contribution in [-0.4, -0.2) is 34.8 Å². The van der Waals surface area contributed by atoms with Gasteiger partial charge in [-0.25, -0.2) is 0 Å². The summed E-state index contributed by atoms with van der Waals surface area (Å²) in [5.41, 5.74) is 0.571. The van der Waals surface area contributed by atoms with E-state index in [0.29, 0.717) is 0 Å². The minimum atomic E-state index is -0.262. The van der Waals surface area contributed by atoms with Crippen LogP contribution in [0.2, 0.25) is 0 Å². The first-order valence-electron chi connectivity index (χ1n) is 5.49. The summed E-state index contributed by atoms with van der Waals surface area (Å²) in [5.74, 6) is 0. The quantitative estimate of drug-likeness (QED) is 0.705. The molecule has 0 saturated carbocycles. The Balaban J connectivity index is 2.27. The molecule has 0 unspecified atom stereocenters. The van der Waals surface area contributed by atoms with Crippen molar-refractivity contribution in [3.05, 3.63) is 24.3 Å². The Hall–Kier alpha value is -0.252. The molecular weight excluding hydrogens is 260 g/mol. The third kappa shape index (κ3) is 2.08. The van der Waals surface area contributed by atoms with Crippen LogP contribution in [0, 0.1) is 0 Å². The molecule has 1 saturated heterocycles. The van der Waals surface area contributed by atoms with Gasteiger partial charge in [0.05, 0.1) is 0 Å². The molecule has 83 valence electrons. The molecule has 2 nitrogen and oxygen atoms in total. The van der Waals surface area contributed by atoms with E-state index in [2.05, 4.69) is 62.4 Å². The summed E-state index contributed by atoms with van der Waals surface area (Å²) in [6.07, 6.45) is 0. The van der Waals surface area contributed by atoms with Gasteiger partial charge in [0, 0.05) is 0 Å². The van der Waals surface area contributed by atoms with Gasteiger partial charge >= 0.3 is 106 Å². The second kappa shape index (κ2) is 3.90. The fourth-order valence-electron chi connectivity index (χ4n) is 1.66. The molecular formula is C12H16BGeO2. The first-order chi connectivity index (χ1) is 7.32. The van der Waals surface area contributed by atoms with Gasteiger partial charge in [-0.3, -0.25) is 0 Å². The molecule has 0 bridgehead atoms. The summed E-state index contributed by atoms with van der Waals surface area (Å²) in [4.78, 5) is 0. The van der Waals surface area contributed by atoms with E-state index >= 15 is 0 Å². The second-order valence-electron chi connectivity index (χ2n) is 5.21. The summed E-state index contributed by atoms with van der Waals surface area (Å²) < 4.78 is 13.2. The van der Waals surface area contributed by atoms with E-state index in [4.69, 9.17) is 9.31 Å². The van der Waals surface area contributed by atoms with Crippen molar-refractivity contribution in [2.45, 2.75) is 38.9 Å². The van der Waals surface area contributed by atoms with Crippen LogP contribution in [0.4, 0.5) is 0 Å². The van der Waals surface area contributed by atoms with Gasteiger partial charge in [-0.2, -0.15) is 0 Å². The third-order valence-electron chi connectivity index (χ3n) is 3.41. The van der Waals surface area contributed by atoms with Crippen LogP contribution >= 0.6 is 0 Å². The van der Waals surface area contributed by atoms with Gasteiger partial charge in [0.25, 0.3) is 0 Å². The molecule has 0 spiro atoms. The van der Waals surface area contributed by atoms with Crippen LogP contribution in [0.25, 0.3) is 0 Å². The third-order valence-corrected chi connectivity index (χ3v) is 4.06. The fourth-order valence-corrected chi connectivity index (χ4v) is 2.22. The average molecular weight is 276 g/mol. The van der Waals surface area contributed by atoms with Crippen molar-refractivity contribution in [1.29, 1.82) is 0 Å². The molecule has 1 heterocycles. The molecule has 1 fully saturated rings.